The van der Waals surface area contributed by atoms with Crippen LogP contribution in [0.1, 0.15) is 47.3 Å². The van der Waals surface area contributed by atoms with E-state index >= 15 is 0 Å². The van der Waals surface area contributed by atoms with Gasteiger partial charge in [-0.2, -0.15) is 0 Å². The van der Waals surface area contributed by atoms with E-state index in [0.717, 1.165) is 0 Å². The molecule has 0 atom stereocenters. The second-order valence-corrected chi connectivity index (χ2v) is 7.02. The summed E-state index contributed by atoms with van der Waals surface area (Å²) in [7, 11) is 0. The Hall–Kier alpha value is -2.28. The number of hydrogen-bond acceptors (Lipinski definition) is 6. The van der Waals surface area contributed by atoms with Crippen molar-refractivity contribution in [3.8, 4) is 0 Å². The van der Waals surface area contributed by atoms with Crippen molar-refractivity contribution in [1.82, 2.24) is 20.3 Å². The first kappa shape index (κ1) is 18.1. The van der Waals surface area contributed by atoms with Gasteiger partial charge >= 0.3 is 0 Å². The average Bonchev–Trinajstić information content (AvgIpc) is 2.53. The smallest absolute Gasteiger partial charge is 0.270 e. The summed E-state index contributed by atoms with van der Waals surface area (Å²) < 4.78 is 0. The summed E-state index contributed by atoms with van der Waals surface area (Å²) in [4.78, 5) is 37.3. The highest BCUT2D eigenvalue weighted by molar-refractivity contribution is 7.98. The van der Waals surface area contributed by atoms with Gasteiger partial charge < -0.3 is 5.32 Å². The second kappa shape index (κ2) is 7.53. The highest BCUT2D eigenvalue weighted by Crippen LogP contribution is 2.13. The van der Waals surface area contributed by atoms with Gasteiger partial charge in [0.05, 0.1) is 0 Å². The number of nitrogens with zero attached hydrogens (tertiary/aromatic N) is 3. The molecule has 126 valence electrons. The predicted octanol–water partition coefficient (Wildman–Crippen LogP) is 2.55. The molecule has 2 heterocycles. The summed E-state index contributed by atoms with van der Waals surface area (Å²) in [6.45, 7) is 5.68. The van der Waals surface area contributed by atoms with Crippen molar-refractivity contribution in [2.24, 2.45) is 0 Å². The molecular formula is C17H20N4O2S. The van der Waals surface area contributed by atoms with Gasteiger partial charge in [-0.15, -0.1) is 0 Å². The predicted molar refractivity (Wildman–Crippen MR) is 93.3 cm³/mol. The maximum absolute atomic E-state index is 12.5. The molecule has 0 fully saturated rings. The van der Waals surface area contributed by atoms with Gasteiger partial charge in [0.2, 0.25) is 0 Å². The number of carbonyl (C=O) groups is 2. The molecule has 0 aliphatic heterocycles. The zero-order valence-corrected chi connectivity index (χ0v) is 15.0. The molecule has 0 aliphatic rings. The molecule has 0 bridgehead atoms. The lowest BCUT2D eigenvalue weighted by Crippen LogP contribution is -2.41. The molecule has 0 radical (unpaired) electrons. The second-order valence-electron chi connectivity index (χ2n) is 6.24. The molecule has 7 heteroatoms. The third kappa shape index (κ3) is 4.86. The van der Waals surface area contributed by atoms with Crippen LogP contribution in [0.5, 0.6) is 0 Å². The van der Waals surface area contributed by atoms with Crippen LogP contribution in [0.25, 0.3) is 0 Å². The van der Waals surface area contributed by atoms with Crippen molar-refractivity contribution < 1.29 is 9.59 Å². The van der Waals surface area contributed by atoms with Crippen molar-refractivity contribution in [2.45, 2.75) is 37.9 Å². The zero-order valence-electron chi connectivity index (χ0n) is 14.2. The number of Topliss-reactive ketones (excluding diaryl/α,β-unsaturated/α-hetero) is 1. The van der Waals surface area contributed by atoms with E-state index in [0.29, 0.717) is 16.4 Å². The third-order valence-corrected chi connectivity index (χ3v) is 3.61. The van der Waals surface area contributed by atoms with E-state index in [1.54, 1.807) is 30.6 Å². The minimum Gasteiger partial charge on any atom is -0.346 e. The first-order chi connectivity index (χ1) is 11.3. The van der Waals surface area contributed by atoms with Gasteiger partial charge in [-0.3, -0.25) is 14.6 Å². The Morgan fingerprint density at radius 3 is 2.58 bits per heavy atom. The Balaban J connectivity index is 2.23. The lowest BCUT2D eigenvalue weighted by atomic mass is 10.0. The summed E-state index contributed by atoms with van der Waals surface area (Å²) in [6, 6.07) is 5.02. The van der Waals surface area contributed by atoms with Crippen molar-refractivity contribution in [3.05, 3.63) is 47.5 Å². The Bertz CT molecular complexity index is 756. The Kier molecular flexibility index (Phi) is 5.66. The third-order valence-electron chi connectivity index (χ3n) is 3.05. The van der Waals surface area contributed by atoms with Crippen LogP contribution in [0.3, 0.4) is 0 Å². The number of carbonyl (C=O) groups excluding carboxylic acids is 2. The number of aromatic nitrogens is 3. The summed E-state index contributed by atoms with van der Waals surface area (Å²) >= 11 is 1.37. The number of pyridine rings is 1. The number of nitrogens with one attached hydrogen (secondary N) is 1. The van der Waals surface area contributed by atoms with E-state index in [1.165, 1.54) is 11.8 Å². The number of ketones is 1. The SMILES string of the molecule is CSc1nccc(C(=O)Cc2cccnc2C(=O)NC(C)(C)C)n1. The fourth-order valence-corrected chi connectivity index (χ4v) is 2.40. The summed E-state index contributed by atoms with van der Waals surface area (Å²) in [5.74, 6) is -0.469. The molecule has 0 saturated heterocycles. The van der Waals surface area contributed by atoms with E-state index in [2.05, 4.69) is 20.3 Å². The molecule has 2 rings (SSSR count). The first-order valence-corrected chi connectivity index (χ1v) is 8.69. The minimum absolute atomic E-state index is 0.0611. The zero-order chi connectivity index (χ0) is 17.7. The van der Waals surface area contributed by atoms with Gasteiger partial charge in [-0.1, -0.05) is 17.8 Å². The lowest BCUT2D eigenvalue weighted by molar-refractivity contribution is 0.0913. The van der Waals surface area contributed by atoms with Gasteiger partial charge in [0.15, 0.2) is 10.9 Å². The molecule has 6 nitrogen and oxygen atoms in total. The van der Waals surface area contributed by atoms with E-state index in [4.69, 9.17) is 0 Å². The van der Waals surface area contributed by atoms with Gasteiger partial charge in [-0.05, 0) is 44.7 Å². The number of hydrogen-bond donors (Lipinski definition) is 1. The van der Waals surface area contributed by atoms with Gasteiger partial charge in [0.1, 0.15) is 11.4 Å². The van der Waals surface area contributed by atoms with Crippen molar-refractivity contribution in [2.75, 3.05) is 6.26 Å². The topological polar surface area (TPSA) is 84.8 Å². The van der Waals surface area contributed by atoms with Crippen LogP contribution in [0, 0.1) is 0 Å². The van der Waals surface area contributed by atoms with Gasteiger partial charge in [-0.25, -0.2) is 9.97 Å². The normalized spacial score (nSPS) is 11.2. The monoisotopic (exact) mass is 344 g/mol. The van der Waals surface area contributed by atoms with Gasteiger partial charge in [0, 0.05) is 24.4 Å². The fourth-order valence-electron chi connectivity index (χ4n) is 2.04. The van der Waals surface area contributed by atoms with Crippen molar-refractivity contribution in [1.29, 1.82) is 0 Å². The molecule has 0 saturated carbocycles. The highest BCUT2D eigenvalue weighted by Gasteiger charge is 2.21. The Labute approximate surface area is 145 Å². The quantitative estimate of drug-likeness (QED) is 0.510. The standard InChI is InChI=1S/C17H20N4O2S/c1-17(2,3)21-15(23)14-11(6-5-8-18-14)10-13(22)12-7-9-19-16(20-12)24-4/h5-9H,10H2,1-4H3,(H,21,23). The molecule has 0 aliphatic carbocycles. The molecule has 0 spiro atoms. The average molecular weight is 344 g/mol. The molecule has 24 heavy (non-hydrogen) atoms. The molecule has 1 N–H and O–H groups in total. The van der Waals surface area contributed by atoms with E-state index < -0.39 is 0 Å². The molecule has 2 aromatic heterocycles. The van der Waals surface area contributed by atoms with Crippen LogP contribution in [0.2, 0.25) is 0 Å². The molecule has 0 unspecified atom stereocenters. The summed E-state index contributed by atoms with van der Waals surface area (Å²) in [6.07, 6.45) is 5.01. The van der Waals surface area contributed by atoms with Crippen molar-refractivity contribution >= 4 is 23.5 Å². The largest absolute Gasteiger partial charge is 0.346 e. The summed E-state index contributed by atoms with van der Waals surface area (Å²) in [5.41, 5.74) is 0.796. The molecule has 0 aromatic carbocycles. The number of thioether (sulfide) groups is 1. The summed E-state index contributed by atoms with van der Waals surface area (Å²) in [5, 5.41) is 3.40. The van der Waals surface area contributed by atoms with E-state index in [9.17, 15) is 9.59 Å². The Morgan fingerprint density at radius 2 is 1.92 bits per heavy atom. The van der Waals surface area contributed by atoms with E-state index in [-0.39, 0.29) is 29.3 Å². The minimum atomic E-state index is -0.379. The van der Waals surface area contributed by atoms with Gasteiger partial charge in [0.25, 0.3) is 5.91 Å². The molecule has 1 amide bonds. The van der Waals surface area contributed by atoms with Crippen LogP contribution in [-0.4, -0.2) is 38.4 Å². The lowest BCUT2D eigenvalue weighted by Gasteiger charge is -2.20. The number of amides is 1. The maximum atomic E-state index is 12.5. The van der Waals surface area contributed by atoms with E-state index in [1.807, 2.05) is 27.0 Å². The van der Waals surface area contributed by atoms with Crippen LogP contribution >= 0.6 is 11.8 Å². The first-order valence-electron chi connectivity index (χ1n) is 7.47. The van der Waals surface area contributed by atoms with Crippen LogP contribution in [0.4, 0.5) is 0 Å². The number of rotatable bonds is 5. The van der Waals surface area contributed by atoms with Crippen LogP contribution < -0.4 is 5.32 Å². The molecular weight excluding hydrogens is 324 g/mol. The Morgan fingerprint density at radius 1 is 1.17 bits per heavy atom. The highest BCUT2D eigenvalue weighted by atomic mass is 32.2. The molecule has 2 aromatic rings. The van der Waals surface area contributed by atoms with Crippen molar-refractivity contribution in [3.63, 3.8) is 0 Å². The van der Waals surface area contributed by atoms with Crippen LogP contribution in [-0.2, 0) is 6.42 Å². The maximum Gasteiger partial charge on any atom is 0.270 e. The fraction of sp³-hybridized carbons (Fsp3) is 0.353. The van der Waals surface area contributed by atoms with Crippen LogP contribution in [0.15, 0.2) is 35.7 Å².